The monoisotopic (exact) mass is 423 g/mol. The first-order valence-corrected chi connectivity index (χ1v) is 10.5. The van der Waals surface area contributed by atoms with Crippen LogP contribution in [0.4, 0.5) is 5.69 Å². The Morgan fingerprint density at radius 2 is 1.68 bits per heavy atom. The number of carbonyl (C=O) groups is 3. The van der Waals surface area contributed by atoms with Crippen molar-refractivity contribution >= 4 is 23.4 Å². The number of ether oxygens (including phenoxy) is 1. The molecular formula is C24H29N3O4. The molecule has 0 bridgehead atoms. The van der Waals surface area contributed by atoms with E-state index in [0.29, 0.717) is 30.1 Å². The van der Waals surface area contributed by atoms with Crippen molar-refractivity contribution in [3.63, 3.8) is 0 Å². The zero-order chi connectivity index (χ0) is 22.4. The van der Waals surface area contributed by atoms with Crippen molar-refractivity contribution < 1.29 is 19.1 Å². The summed E-state index contributed by atoms with van der Waals surface area (Å²) in [5.74, 6) is 0.398. The Morgan fingerprint density at radius 3 is 2.35 bits per heavy atom. The van der Waals surface area contributed by atoms with E-state index in [1.807, 2.05) is 32.0 Å². The first-order chi connectivity index (χ1) is 14.8. The number of rotatable bonds is 9. The van der Waals surface area contributed by atoms with E-state index in [1.165, 1.54) is 0 Å². The van der Waals surface area contributed by atoms with E-state index in [9.17, 15) is 14.4 Å². The minimum atomic E-state index is -0.672. The molecule has 0 aliphatic heterocycles. The molecule has 3 rings (SSSR count). The Hall–Kier alpha value is -3.35. The summed E-state index contributed by atoms with van der Waals surface area (Å²) >= 11 is 0. The highest BCUT2D eigenvalue weighted by Gasteiger charge is 2.29. The fourth-order valence-corrected chi connectivity index (χ4v) is 2.98. The third kappa shape index (κ3) is 6.57. The molecule has 164 valence electrons. The molecule has 1 fully saturated rings. The van der Waals surface area contributed by atoms with E-state index in [1.54, 1.807) is 31.2 Å². The van der Waals surface area contributed by atoms with Crippen LogP contribution in [0.15, 0.2) is 42.5 Å². The first-order valence-electron chi connectivity index (χ1n) is 10.5. The lowest BCUT2D eigenvalue weighted by Crippen LogP contribution is -2.35. The molecule has 1 unspecified atom stereocenters. The smallest absolute Gasteiger partial charge is 0.265 e. The molecule has 1 atom stereocenters. The highest BCUT2D eigenvalue weighted by Crippen LogP contribution is 2.28. The van der Waals surface area contributed by atoms with Gasteiger partial charge in [0.1, 0.15) is 5.75 Å². The maximum absolute atomic E-state index is 12.5. The molecule has 0 aromatic heterocycles. The van der Waals surface area contributed by atoms with Gasteiger partial charge in [-0.05, 0) is 75.1 Å². The van der Waals surface area contributed by atoms with Crippen LogP contribution in [-0.4, -0.2) is 36.9 Å². The normalized spacial score (nSPS) is 13.8. The number of amides is 3. The molecule has 2 aromatic carbocycles. The third-order valence-corrected chi connectivity index (χ3v) is 5.09. The van der Waals surface area contributed by atoms with Crippen molar-refractivity contribution in [1.29, 1.82) is 0 Å². The van der Waals surface area contributed by atoms with Crippen molar-refractivity contribution in [3.05, 3.63) is 59.2 Å². The summed E-state index contributed by atoms with van der Waals surface area (Å²) in [5.41, 5.74) is 3.08. The van der Waals surface area contributed by atoms with Crippen LogP contribution in [0, 0.1) is 19.8 Å². The van der Waals surface area contributed by atoms with Crippen LogP contribution in [0.3, 0.4) is 0 Å². The Bertz CT molecular complexity index is 952. The standard InChI is InChI=1S/C24H29N3O4/c1-15-4-5-16(2)21(14-15)31-17(3)22(28)27-20-10-8-19(9-11-20)24(30)26-13-12-25-23(29)18-6-7-18/h4-5,8-11,14,17-18H,6-7,12-13H2,1-3H3,(H,25,29)(H,26,30)(H,27,28). The summed E-state index contributed by atoms with van der Waals surface area (Å²) in [7, 11) is 0. The minimum absolute atomic E-state index is 0.0603. The fraction of sp³-hybridized carbons (Fsp3) is 0.375. The van der Waals surface area contributed by atoms with Gasteiger partial charge in [0.05, 0.1) is 0 Å². The molecule has 0 spiro atoms. The number of hydrogen-bond donors (Lipinski definition) is 3. The van der Waals surface area contributed by atoms with Crippen LogP contribution in [0.2, 0.25) is 0 Å². The number of nitrogens with one attached hydrogen (secondary N) is 3. The average molecular weight is 424 g/mol. The lowest BCUT2D eigenvalue weighted by atomic mass is 10.1. The molecular weight excluding hydrogens is 394 g/mol. The molecule has 7 heteroatoms. The van der Waals surface area contributed by atoms with Crippen molar-refractivity contribution in [3.8, 4) is 5.75 Å². The molecule has 0 radical (unpaired) electrons. The summed E-state index contributed by atoms with van der Waals surface area (Å²) in [5, 5.41) is 8.37. The van der Waals surface area contributed by atoms with Crippen LogP contribution in [-0.2, 0) is 9.59 Å². The summed E-state index contributed by atoms with van der Waals surface area (Å²) in [6.07, 6.45) is 1.24. The Balaban J connectivity index is 1.45. The van der Waals surface area contributed by atoms with Crippen LogP contribution < -0.4 is 20.7 Å². The van der Waals surface area contributed by atoms with Gasteiger partial charge in [-0.1, -0.05) is 12.1 Å². The molecule has 2 aromatic rings. The van der Waals surface area contributed by atoms with Crippen molar-refractivity contribution in [1.82, 2.24) is 10.6 Å². The molecule has 3 amide bonds. The van der Waals surface area contributed by atoms with Crippen LogP contribution >= 0.6 is 0 Å². The largest absolute Gasteiger partial charge is 0.481 e. The topological polar surface area (TPSA) is 96.5 Å². The summed E-state index contributed by atoms with van der Waals surface area (Å²) in [6.45, 7) is 6.38. The van der Waals surface area contributed by atoms with E-state index in [4.69, 9.17) is 4.74 Å². The lowest BCUT2D eigenvalue weighted by molar-refractivity contribution is -0.122. The molecule has 1 aliphatic rings. The zero-order valence-corrected chi connectivity index (χ0v) is 18.2. The Kier molecular flexibility index (Phi) is 7.28. The van der Waals surface area contributed by atoms with Crippen molar-refractivity contribution in [2.75, 3.05) is 18.4 Å². The van der Waals surface area contributed by atoms with Gasteiger partial charge in [-0.25, -0.2) is 0 Å². The van der Waals surface area contributed by atoms with E-state index < -0.39 is 6.10 Å². The zero-order valence-electron chi connectivity index (χ0n) is 18.2. The number of benzene rings is 2. The second kappa shape index (κ2) is 10.1. The molecule has 0 saturated heterocycles. The van der Waals surface area contributed by atoms with Crippen molar-refractivity contribution in [2.24, 2.45) is 5.92 Å². The molecule has 31 heavy (non-hydrogen) atoms. The predicted octanol–water partition coefficient (Wildman–Crippen LogP) is 2.97. The molecule has 0 heterocycles. The van der Waals surface area contributed by atoms with E-state index in [0.717, 1.165) is 24.0 Å². The number of carbonyl (C=O) groups excluding carboxylic acids is 3. The molecule has 3 N–H and O–H groups in total. The Labute approximate surface area is 182 Å². The van der Waals surface area contributed by atoms with Crippen molar-refractivity contribution in [2.45, 2.75) is 39.7 Å². The quantitative estimate of drug-likeness (QED) is 0.540. The second-order valence-corrected chi connectivity index (χ2v) is 7.92. The van der Waals surface area contributed by atoms with Crippen LogP contribution in [0.1, 0.15) is 41.3 Å². The third-order valence-electron chi connectivity index (χ3n) is 5.09. The van der Waals surface area contributed by atoms with E-state index in [-0.39, 0.29) is 23.6 Å². The molecule has 7 nitrogen and oxygen atoms in total. The number of hydrogen-bond acceptors (Lipinski definition) is 4. The maximum atomic E-state index is 12.5. The highest BCUT2D eigenvalue weighted by atomic mass is 16.5. The maximum Gasteiger partial charge on any atom is 0.265 e. The van der Waals surface area contributed by atoms with Gasteiger partial charge in [0.15, 0.2) is 6.10 Å². The summed E-state index contributed by atoms with van der Waals surface area (Å²) in [4.78, 5) is 36.2. The van der Waals surface area contributed by atoms with Gasteiger partial charge in [0.2, 0.25) is 5.91 Å². The Morgan fingerprint density at radius 1 is 1.00 bits per heavy atom. The summed E-state index contributed by atoms with van der Waals surface area (Å²) in [6, 6.07) is 12.5. The fourth-order valence-electron chi connectivity index (χ4n) is 2.98. The van der Waals surface area contributed by atoms with Crippen LogP contribution in [0.25, 0.3) is 0 Å². The number of aryl methyl sites for hydroxylation is 2. The van der Waals surface area contributed by atoms with Crippen LogP contribution in [0.5, 0.6) is 5.75 Å². The SMILES string of the molecule is Cc1ccc(C)c(OC(C)C(=O)Nc2ccc(C(=O)NCCNC(=O)C3CC3)cc2)c1. The summed E-state index contributed by atoms with van der Waals surface area (Å²) < 4.78 is 5.81. The van der Waals surface area contributed by atoms with Gasteiger partial charge in [0, 0.05) is 30.3 Å². The minimum Gasteiger partial charge on any atom is -0.481 e. The van der Waals surface area contributed by atoms with Gasteiger partial charge < -0.3 is 20.7 Å². The number of anilines is 1. The van der Waals surface area contributed by atoms with Gasteiger partial charge in [-0.2, -0.15) is 0 Å². The highest BCUT2D eigenvalue weighted by molar-refractivity contribution is 5.96. The predicted molar refractivity (Wildman–Crippen MR) is 119 cm³/mol. The second-order valence-electron chi connectivity index (χ2n) is 7.92. The van der Waals surface area contributed by atoms with Gasteiger partial charge in [0.25, 0.3) is 11.8 Å². The molecule has 1 aliphatic carbocycles. The first kappa shape index (κ1) is 22.3. The lowest BCUT2D eigenvalue weighted by Gasteiger charge is -2.17. The molecule has 1 saturated carbocycles. The van der Waals surface area contributed by atoms with E-state index in [2.05, 4.69) is 16.0 Å². The van der Waals surface area contributed by atoms with Gasteiger partial charge in [-0.3, -0.25) is 14.4 Å². The van der Waals surface area contributed by atoms with E-state index >= 15 is 0 Å². The van der Waals surface area contributed by atoms with Gasteiger partial charge >= 0.3 is 0 Å². The average Bonchev–Trinajstić information content (AvgIpc) is 3.59. The van der Waals surface area contributed by atoms with Gasteiger partial charge in [-0.15, -0.1) is 0 Å².